The lowest BCUT2D eigenvalue weighted by Gasteiger charge is -2.47. The molecule has 0 N–H and O–H groups in total. The lowest BCUT2D eigenvalue weighted by atomic mass is 9.62. The van der Waals surface area contributed by atoms with Gasteiger partial charge in [-0.25, -0.2) is 0 Å². The molecule has 9 aromatic rings. The molecule has 0 amide bonds. The molecular weight excluding hydrogens is 719 g/mol. The zero-order chi connectivity index (χ0) is 38.5. The first-order valence-corrected chi connectivity index (χ1v) is 22.0. The highest BCUT2D eigenvalue weighted by molar-refractivity contribution is 7.21. The third-order valence-corrected chi connectivity index (χ3v) is 17.1. The summed E-state index contributed by atoms with van der Waals surface area (Å²) >= 11 is 0. The number of rotatable bonds is 6. The minimum atomic E-state index is -2.79. The van der Waals surface area contributed by atoms with Crippen LogP contribution >= 0.6 is 0 Å². The molecule has 0 aliphatic carbocycles. The van der Waals surface area contributed by atoms with Gasteiger partial charge in [-0.3, -0.25) is 4.98 Å². The summed E-state index contributed by atoms with van der Waals surface area (Å²) in [5.41, 5.74) is 11.4. The van der Waals surface area contributed by atoms with E-state index < -0.39 is 13.5 Å². The quantitative estimate of drug-likeness (QED) is 0.158. The van der Waals surface area contributed by atoms with E-state index in [2.05, 4.69) is 240 Å². The number of pyridine rings is 1. The van der Waals surface area contributed by atoms with Crippen LogP contribution in [0.3, 0.4) is 0 Å². The summed E-state index contributed by atoms with van der Waals surface area (Å²) in [6, 6.07) is 82.7. The van der Waals surface area contributed by atoms with Crippen LogP contribution in [0, 0.1) is 0 Å². The van der Waals surface area contributed by atoms with Crippen LogP contribution in [0.15, 0.2) is 237 Å². The maximum atomic E-state index is 4.72. The first-order chi connectivity index (χ1) is 28.8. The molecule has 11 rings (SSSR count). The normalized spacial score (nSPS) is 14.4. The van der Waals surface area contributed by atoms with Gasteiger partial charge in [-0.2, -0.15) is 0 Å². The largest absolute Gasteiger partial charge is 0.311 e. The van der Waals surface area contributed by atoms with Gasteiger partial charge in [0, 0.05) is 35.1 Å². The Labute approximate surface area is 340 Å². The lowest BCUT2D eigenvalue weighted by Crippen LogP contribution is -2.77. The second-order valence-corrected chi connectivity index (χ2v) is 18.8. The molecule has 3 nitrogen and oxygen atoms in total. The minimum Gasteiger partial charge on any atom is -0.311 e. The Morgan fingerprint density at radius 3 is 1.31 bits per heavy atom. The summed E-state index contributed by atoms with van der Waals surface area (Å²) in [6.45, 7) is 0. The van der Waals surface area contributed by atoms with Crippen molar-refractivity contribution in [1.82, 2.24) is 4.98 Å². The molecule has 1 aromatic heterocycles. The number of nitrogens with zero attached hydrogens (tertiary/aromatic N) is 3. The Bertz CT molecular complexity index is 2540. The fraction of sp³-hybridized carbons (Fsp3) is 0.0185. The molecule has 3 heterocycles. The number of aromatic nitrogens is 1. The second-order valence-electron chi connectivity index (χ2n) is 15.1. The standard InChI is InChI=1S/C54H39N3Si/c1-4-20-40(21-5-1)54(41-22-6-2-7-23-41)46-29-10-12-31-48(46)56(49-32-13-11-30-47(49)54)42-24-18-25-43(38-42)57-50-33-14-16-35-52(50)58(44-26-8-3-9-27-44,45-28-19-37-55-39-45)53-36-17-15-34-51(53)57/h1-39H. The van der Waals surface area contributed by atoms with Gasteiger partial charge in [-0.05, 0) is 91.5 Å². The molecular formula is C54H39N3Si. The summed E-state index contributed by atoms with van der Waals surface area (Å²) in [5, 5.41) is 5.32. The average Bonchev–Trinajstić information content (AvgIpc) is 3.31. The lowest BCUT2D eigenvalue weighted by molar-refractivity contribution is 0.731. The van der Waals surface area contributed by atoms with Crippen LogP contribution in [0.5, 0.6) is 0 Å². The fourth-order valence-electron chi connectivity index (χ4n) is 10.0. The predicted octanol–water partition coefficient (Wildman–Crippen LogP) is 10.4. The number of benzene rings is 8. The molecule has 0 unspecified atom stereocenters. The number of hydrogen-bond donors (Lipinski definition) is 0. The molecule has 0 spiro atoms. The number of anilines is 6. The van der Waals surface area contributed by atoms with Gasteiger partial charge in [-0.1, -0.05) is 176 Å². The number of hydrogen-bond acceptors (Lipinski definition) is 3. The molecule has 8 aromatic carbocycles. The highest BCUT2D eigenvalue weighted by atomic mass is 28.3. The van der Waals surface area contributed by atoms with Crippen LogP contribution in [-0.2, 0) is 5.41 Å². The van der Waals surface area contributed by atoms with Crippen molar-refractivity contribution in [2.45, 2.75) is 5.41 Å². The highest BCUT2D eigenvalue weighted by Crippen LogP contribution is 2.57. The molecule has 2 aliphatic heterocycles. The summed E-state index contributed by atoms with van der Waals surface area (Å²) in [7, 11) is -2.79. The van der Waals surface area contributed by atoms with Crippen molar-refractivity contribution in [3.05, 3.63) is 259 Å². The van der Waals surface area contributed by atoms with Gasteiger partial charge in [0.25, 0.3) is 0 Å². The van der Waals surface area contributed by atoms with Crippen LogP contribution in [0.25, 0.3) is 0 Å². The van der Waals surface area contributed by atoms with Crippen molar-refractivity contribution in [2.24, 2.45) is 0 Å². The molecule has 0 radical (unpaired) electrons. The van der Waals surface area contributed by atoms with Gasteiger partial charge in [0.1, 0.15) is 0 Å². The van der Waals surface area contributed by atoms with Crippen molar-refractivity contribution in [1.29, 1.82) is 0 Å². The second kappa shape index (κ2) is 13.7. The van der Waals surface area contributed by atoms with E-state index in [-0.39, 0.29) is 0 Å². The summed E-state index contributed by atoms with van der Waals surface area (Å²) in [5.74, 6) is 0. The molecule has 2 aliphatic rings. The Balaban J connectivity index is 1.14. The van der Waals surface area contributed by atoms with Gasteiger partial charge < -0.3 is 9.80 Å². The van der Waals surface area contributed by atoms with Crippen LogP contribution in [-0.4, -0.2) is 13.1 Å². The summed E-state index contributed by atoms with van der Waals surface area (Å²) < 4.78 is 0. The molecule has 58 heavy (non-hydrogen) atoms. The van der Waals surface area contributed by atoms with Crippen molar-refractivity contribution in [3.63, 3.8) is 0 Å². The van der Waals surface area contributed by atoms with E-state index in [1.54, 1.807) is 0 Å². The highest BCUT2D eigenvalue weighted by Gasteiger charge is 2.49. The zero-order valence-corrected chi connectivity index (χ0v) is 32.9. The van der Waals surface area contributed by atoms with Gasteiger partial charge in [0.15, 0.2) is 8.07 Å². The SMILES string of the molecule is c1ccc(C2(c3ccccc3)c3ccccc3N(c3cccc(N4c5ccccc5[Si](c5ccccc5)(c5cccnc5)c5ccccc54)c3)c3ccccc32)cc1. The van der Waals surface area contributed by atoms with E-state index in [4.69, 9.17) is 4.98 Å². The minimum absolute atomic E-state index is 0.522. The Morgan fingerprint density at radius 2 is 0.793 bits per heavy atom. The van der Waals surface area contributed by atoms with E-state index >= 15 is 0 Å². The number of para-hydroxylation sites is 4. The molecule has 0 atom stereocenters. The molecule has 4 heteroatoms. The molecule has 0 saturated carbocycles. The van der Waals surface area contributed by atoms with Crippen molar-refractivity contribution >= 4 is 62.9 Å². The Hall–Kier alpha value is -7.27. The Morgan fingerprint density at radius 1 is 0.362 bits per heavy atom. The third-order valence-electron chi connectivity index (χ3n) is 12.3. The molecule has 0 bridgehead atoms. The van der Waals surface area contributed by atoms with Crippen LogP contribution in [0.2, 0.25) is 0 Å². The van der Waals surface area contributed by atoms with E-state index in [0.29, 0.717) is 0 Å². The smallest absolute Gasteiger partial charge is 0.185 e. The molecule has 0 fully saturated rings. The summed E-state index contributed by atoms with van der Waals surface area (Å²) in [6.07, 6.45) is 3.98. The van der Waals surface area contributed by atoms with Gasteiger partial charge >= 0.3 is 0 Å². The first kappa shape index (κ1) is 34.0. The topological polar surface area (TPSA) is 19.4 Å². The van der Waals surface area contributed by atoms with E-state index in [1.807, 2.05) is 6.20 Å². The average molecular weight is 758 g/mol. The fourth-order valence-corrected chi connectivity index (χ4v) is 15.1. The van der Waals surface area contributed by atoms with Crippen molar-refractivity contribution < 1.29 is 0 Å². The maximum Gasteiger partial charge on any atom is 0.185 e. The maximum absolute atomic E-state index is 4.72. The Kier molecular flexibility index (Phi) is 8.05. The van der Waals surface area contributed by atoms with E-state index in [0.717, 1.165) is 22.7 Å². The van der Waals surface area contributed by atoms with Crippen LogP contribution in [0.4, 0.5) is 34.1 Å². The molecule has 0 saturated heterocycles. The number of fused-ring (bicyclic) bond motifs is 4. The van der Waals surface area contributed by atoms with Gasteiger partial charge in [0.2, 0.25) is 0 Å². The third kappa shape index (κ3) is 4.89. The molecule has 274 valence electrons. The van der Waals surface area contributed by atoms with Gasteiger partial charge in [-0.15, -0.1) is 0 Å². The van der Waals surface area contributed by atoms with Crippen LogP contribution < -0.4 is 30.5 Å². The van der Waals surface area contributed by atoms with E-state index in [1.165, 1.54) is 54.4 Å². The monoisotopic (exact) mass is 757 g/mol. The van der Waals surface area contributed by atoms with Crippen molar-refractivity contribution in [2.75, 3.05) is 9.80 Å². The predicted molar refractivity (Wildman–Crippen MR) is 243 cm³/mol. The first-order valence-electron chi connectivity index (χ1n) is 20.0. The van der Waals surface area contributed by atoms with Crippen molar-refractivity contribution in [3.8, 4) is 0 Å². The zero-order valence-electron chi connectivity index (χ0n) is 31.9. The summed E-state index contributed by atoms with van der Waals surface area (Å²) in [4.78, 5) is 9.67. The van der Waals surface area contributed by atoms with Crippen LogP contribution in [0.1, 0.15) is 22.3 Å². The van der Waals surface area contributed by atoms with E-state index in [9.17, 15) is 0 Å². The van der Waals surface area contributed by atoms with Gasteiger partial charge in [0.05, 0.1) is 16.8 Å².